The molecular weight excluding hydrogens is 388 g/mol. The van der Waals surface area contributed by atoms with Crippen molar-refractivity contribution in [3.8, 4) is 0 Å². The Balaban J connectivity index is 1.88. The Hall–Kier alpha value is -0.510. The molecule has 0 saturated carbocycles. The van der Waals surface area contributed by atoms with Crippen LogP contribution in [0.3, 0.4) is 0 Å². The van der Waals surface area contributed by atoms with Crippen LogP contribution in [0.4, 0.5) is 0 Å². The number of methoxy groups -OCH3 is 1. The van der Waals surface area contributed by atoms with Crippen molar-refractivity contribution in [2.45, 2.75) is 36.4 Å². The van der Waals surface area contributed by atoms with Crippen molar-refractivity contribution in [2.75, 3.05) is 20.0 Å². The average molecular weight is 409 g/mol. The number of benzene rings is 1. The summed E-state index contributed by atoms with van der Waals surface area (Å²) in [5, 5.41) is 0. The average Bonchev–Trinajstić information content (AvgIpc) is 2.81. The molecule has 1 aliphatic rings. The van der Waals surface area contributed by atoms with Crippen molar-refractivity contribution in [1.82, 2.24) is 0 Å². The van der Waals surface area contributed by atoms with Gasteiger partial charge in [0, 0.05) is 7.11 Å². The first-order valence-corrected chi connectivity index (χ1v) is 9.96. The van der Waals surface area contributed by atoms with Crippen molar-refractivity contribution >= 4 is 26.0 Å². The van der Waals surface area contributed by atoms with Gasteiger partial charge in [0.05, 0.1) is 30.4 Å². The van der Waals surface area contributed by atoms with E-state index in [2.05, 4.69) is 15.9 Å². The highest BCUT2D eigenvalue weighted by atomic mass is 79.9. The molecule has 0 aliphatic carbocycles. The first kappa shape index (κ1) is 18.8. The second-order valence-electron chi connectivity index (χ2n) is 5.30. The van der Waals surface area contributed by atoms with Crippen LogP contribution >= 0.6 is 15.9 Å². The fourth-order valence-electron chi connectivity index (χ4n) is 2.36. The molecule has 1 fully saturated rings. The fourth-order valence-corrected chi connectivity index (χ4v) is 3.55. The second-order valence-corrected chi connectivity index (χ2v) is 8.00. The van der Waals surface area contributed by atoms with Crippen molar-refractivity contribution in [3.05, 3.63) is 35.9 Å². The van der Waals surface area contributed by atoms with Gasteiger partial charge in [-0.1, -0.05) is 46.3 Å². The molecule has 0 bridgehead atoms. The predicted octanol–water partition coefficient (Wildman–Crippen LogP) is 2.07. The minimum Gasteiger partial charge on any atom is -0.367 e. The van der Waals surface area contributed by atoms with Crippen LogP contribution < -0.4 is 0 Å². The van der Waals surface area contributed by atoms with E-state index in [9.17, 15) is 8.42 Å². The van der Waals surface area contributed by atoms with E-state index in [1.165, 1.54) is 0 Å². The van der Waals surface area contributed by atoms with Crippen molar-refractivity contribution in [2.24, 2.45) is 0 Å². The van der Waals surface area contributed by atoms with Crippen LogP contribution in [0.2, 0.25) is 0 Å². The summed E-state index contributed by atoms with van der Waals surface area (Å²) in [6.07, 6.45) is 0.406. The lowest BCUT2D eigenvalue weighted by Gasteiger charge is -2.19. The van der Waals surface area contributed by atoms with E-state index in [1.807, 2.05) is 30.3 Å². The van der Waals surface area contributed by atoms with E-state index in [1.54, 1.807) is 7.11 Å². The molecule has 1 aromatic rings. The Bertz CT molecular complexity index is 579. The van der Waals surface area contributed by atoms with Crippen molar-refractivity contribution < 1.29 is 26.8 Å². The first-order valence-electron chi connectivity index (χ1n) is 7.23. The summed E-state index contributed by atoms with van der Waals surface area (Å²) in [7, 11) is -1.89. The Labute approximate surface area is 145 Å². The maximum Gasteiger partial charge on any atom is 0.264 e. The fraction of sp³-hybridized carbons (Fsp3) is 0.600. The van der Waals surface area contributed by atoms with E-state index < -0.39 is 16.4 Å². The maximum atomic E-state index is 11.0. The molecule has 2 rings (SSSR count). The van der Waals surface area contributed by atoms with Crippen molar-refractivity contribution in [1.29, 1.82) is 0 Å². The number of ether oxygens (including phenoxy) is 3. The van der Waals surface area contributed by atoms with Gasteiger partial charge < -0.3 is 14.2 Å². The molecule has 23 heavy (non-hydrogen) atoms. The van der Waals surface area contributed by atoms with Gasteiger partial charge in [-0.05, 0) is 12.0 Å². The monoisotopic (exact) mass is 408 g/mol. The van der Waals surface area contributed by atoms with Gasteiger partial charge in [0.2, 0.25) is 0 Å². The highest BCUT2D eigenvalue weighted by Gasteiger charge is 2.44. The summed E-state index contributed by atoms with van der Waals surface area (Å²) < 4.78 is 43.8. The SMILES string of the molecule is CO[C@@H]1O[C@@H](CCOS(C)(=O)=O)[C@H](Br)[C@H]1OCc1ccccc1. The maximum absolute atomic E-state index is 11.0. The smallest absolute Gasteiger partial charge is 0.264 e. The Kier molecular flexibility index (Phi) is 7.00. The van der Waals surface area contributed by atoms with Crippen LogP contribution in [0.1, 0.15) is 12.0 Å². The summed E-state index contributed by atoms with van der Waals surface area (Å²) in [6, 6.07) is 9.82. The topological polar surface area (TPSA) is 71.1 Å². The largest absolute Gasteiger partial charge is 0.367 e. The van der Waals surface area contributed by atoms with E-state index in [-0.39, 0.29) is 23.6 Å². The number of hydrogen-bond acceptors (Lipinski definition) is 6. The second kappa shape index (κ2) is 8.55. The standard InChI is InChI=1S/C15H21BrO6S/c1-19-15-14(20-10-11-6-4-3-5-7-11)13(16)12(22-15)8-9-21-23(2,17)18/h3-7,12-15H,8-10H2,1-2H3/t12-,13-,14+,15+/m0/s1. The molecule has 0 amide bonds. The number of halogens is 1. The molecule has 0 aromatic heterocycles. The lowest BCUT2D eigenvalue weighted by atomic mass is 10.1. The third-order valence-electron chi connectivity index (χ3n) is 3.46. The lowest BCUT2D eigenvalue weighted by Crippen LogP contribution is -2.32. The van der Waals surface area contributed by atoms with Crippen LogP contribution in [0, 0.1) is 0 Å². The third kappa shape index (κ3) is 5.81. The molecule has 0 N–H and O–H groups in total. The predicted molar refractivity (Wildman–Crippen MR) is 88.8 cm³/mol. The van der Waals surface area contributed by atoms with E-state index in [4.69, 9.17) is 18.4 Å². The van der Waals surface area contributed by atoms with Gasteiger partial charge in [0.15, 0.2) is 6.29 Å². The zero-order chi connectivity index (χ0) is 16.9. The molecule has 6 nitrogen and oxygen atoms in total. The molecule has 8 heteroatoms. The normalized spacial score (nSPS) is 28.1. The molecule has 1 aromatic carbocycles. The van der Waals surface area contributed by atoms with Gasteiger partial charge in [0.1, 0.15) is 6.10 Å². The van der Waals surface area contributed by atoms with Crippen LogP contribution in [0.25, 0.3) is 0 Å². The molecule has 130 valence electrons. The van der Waals surface area contributed by atoms with E-state index in [0.717, 1.165) is 11.8 Å². The highest BCUT2D eigenvalue weighted by molar-refractivity contribution is 9.09. The van der Waals surface area contributed by atoms with Crippen LogP contribution in [0.15, 0.2) is 30.3 Å². The zero-order valence-corrected chi connectivity index (χ0v) is 15.5. The van der Waals surface area contributed by atoms with Gasteiger partial charge in [-0.25, -0.2) is 0 Å². The molecule has 0 unspecified atom stereocenters. The van der Waals surface area contributed by atoms with E-state index >= 15 is 0 Å². The van der Waals surface area contributed by atoms with Gasteiger partial charge in [-0.2, -0.15) is 8.42 Å². The van der Waals surface area contributed by atoms with Gasteiger partial charge in [0.25, 0.3) is 10.1 Å². The number of hydrogen-bond donors (Lipinski definition) is 0. The lowest BCUT2D eigenvalue weighted by molar-refractivity contribution is -0.164. The Morgan fingerprint density at radius 3 is 2.57 bits per heavy atom. The van der Waals surface area contributed by atoms with Gasteiger partial charge >= 0.3 is 0 Å². The summed E-state index contributed by atoms with van der Waals surface area (Å²) in [4.78, 5) is -0.112. The number of alkyl halides is 1. The molecule has 1 saturated heterocycles. The molecule has 0 radical (unpaired) electrons. The van der Waals surface area contributed by atoms with Crippen LogP contribution in [-0.4, -0.2) is 51.7 Å². The minimum absolute atomic E-state index is 0.0629. The third-order valence-corrected chi connectivity index (χ3v) is 5.17. The molecule has 1 aliphatic heterocycles. The Morgan fingerprint density at radius 1 is 1.26 bits per heavy atom. The molecule has 1 heterocycles. The highest BCUT2D eigenvalue weighted by Crippen LogP contribution is 2.32. The molecule has 0 spiro atoms. The summed E-state index contributed by atoms with van der Waals surface area (Å²) in [5.74, 6) is 0. The number of rotatable bonds is 8. The quantitative estimate of drug-likeness (QED) is 0.484. The summed E-state index contributed by atoms with van der Waals surface area (Å²) in [6.45, 7) is 0.511. The Morgan fingerprint density at radius 2 is 1.96 bits per heavy atom. The summed E-state index contributed by atoms with van der Waals surface area (Å²) >= 11 is 3.57. The van der Waals surface area contributed by atoms with Gasteiger partial charge in [-0.3, -0.25) is 4.18 Å². The van der Waals surface area contributed by atoms with Gasteiger partial charge in [-0.15, -0.1) is 0 Å². The van der Waals surface area contributed by atoms with E-state index in [0.29, 0.717) is 13.0 Å². The minimum atomic E-state index is -3.45. The van der Waals surface area contributed by atoms with Crippen molar-refractivity contribution in [3.63, 3.8) is 0 Å². The first-order chi connectivity index (χ1) is 10.9. The molecule has 4 atom stereocenters. The zero-order valence-electron chi connectivity index (χ0n) is 13.1. The molecular formula is C15H21BrO6S. The van der Waals surface area contributed by atoms with Crippen LogP contribution in [0.5, 0.6) is 0 Å². The van der Waals surface area contributed by atoms with Crippen LogP contribution in [-0.2, 0) is 35.1 Å². The summed E-state index contributed by atoms with van der Waals surface area (Å²) in [5.41, 5.74) is 1.06.